The summed E-state index contributed by atoms with van der Waals surface area (Å²) in [4.78, 5) is 35.0. The van der Waals surface area contributed by atoms with Crippen LogP contribution in [0.5, 0.6) is 0 Å². The molecule has 0 unspecified atom stereocenters. The van der Waals surface area contributed by atoms with Gasteiger partial charge in [0.2, 0.25) is 0 Å². The molecule has 0 aliphatic heterocycles. The SMILES string of the molecule is CCc1cc2ncc(CNCCNCCCc3ccc(C(=O)NC)nc3)cc2[nH]c1=O. The highest BCUT2D eigenvalue weighted by molar-refractivity contribution is 5.91. The third kappa shape index (κ3) is 6.44. The van der Waals surface area contributed by atoms with Crippen molar-refractivity contribution in [3.63, 3.8) is 0 Å². The van der Waals surface area contributed by atoms with Crippen LogP contribution in [0.15, 0.2) is 41.5 Å². The van der Waals surface area contributed by atoms with E-state index in [1.807, 2.05) is 31.3 Å². The number of aromatic amines is 1. The Morgan fingerprint density at radius 2 is 1.84 bits per heavy atom. The fraction of sp³-hybridized carbons (Fsp3) is 0.391. The van der Waals surface area contributed by atoms with Gasteiger partial charge in [0, 0.05) is 44.6 Å². The van der Waals surface area contributed by atoms with Gasteiger partial charge in [-0.1, -0.05) is 13.0 Å². The number of amides is 1. The number of rotatable bonds is 11. The van der Waals surface area contributed by atoms with Gasteiger partial charge in [0.15, 0.2) is 0 Å². The molecule has 0 aliphatic carbocycles. The zero-order chi connectivity index (χ0) is 22.1. The number of aromatic nitrogens is 3. The molecule has 1 amide bonds. The van der Waals surface area contributed by atoms with E-state index in [2.05, 4.69) is 30.9 Å². The third-order valence-corrected chi connectivity index (χ3v) is 5.12. The molecular weight excluding hydrogens is 392 g/mol. The Kier molecular flexibility index (Phi) is 8.26. The van der Waals surface area contributed by atoms with E-state index in [0.29, 0.717) is 18.7 Å². The largest absolute Gasteiger partial charge is 0.354 e. The molecule has 0 saturated carbocycles. The number of hydrogen-bond donors (Lipinski definition) is 4. The molecule has 0 aromatic carbocycles. The normalized spacial score (nSPS) is 11.0. The molecule has 3 aromatic heterocycles. The van der Waals surface area contributed by atoms with Gasteiger partial charge in [0.25, 0.3) is 11.5 Å². The van der Waals surface area contributed by atoms with Gasteiger partial charge >= 0.3 is 0 Å². The molecule has 3 rings (SSSR count). The van der Waals surface area contributed by atoms with Crippen LogP contribution >= 0.6 is 0 Å². The van der Waals surface area contributed by atoms with E-state index in [9.17, 15) is 9.59 Å². The molecule has 4 N–H and O–H groups in total. The molecule has 3 aromatic rings. The molecule has 0 atom stereocenters. The van der Waals surface area contributed by atoms with Gasteiger partial charge < -0.3 is 20.9 Å². The summed E-state index contributed by atoms with van der Waals surface area (Å²) in [6.07, 6.45) is 6.24. The smallest absolute Gasteiger partial charge is 0.269 e. The summed E-state index contributed by atoms with van der Waals surface area (Å²) < 4.78 is 0. The van der Waals surface area contributed by atoms with Crippen LogP contribution in [0.3, 0.4) is 0 Å². The summed E-state index contributed by atoms with van der Waals surface area (Å²) in [6.45, 7) is 5.28. The second kappa shape index (κ2) is 11.3. The van der Waals surface area contributed by atoms with Gasteiger partial charge in [0.05, 0.1) is 11.0 Å². The van der Waals surface area contributed by atoms with Gasteiger partial charge in [-0.25, -0.2) is 0 Å². The number of nitrogens with zero attached hydrogens (tertiary/aromatic N) is 2. The van der Waals surface area contributed by atoms with E-state index in [4.69, 9.17) is 0 Å². The molecule has 3 heterocycles. The van der Waals surface area contributed by atoms with E-state index < -0.39 is 0 Å². The number of pyridine rings is 3. The van der Waals surface area contributed by atoms with Crippen molar-refractivity contribution in [2.45, 2.75) is 32.7 Å². The Morgan fingerprint density at radius 1 is 1.03 bits per heavy atom. The second-order valence-electron chi connectivity index (χ2n) is 7.41. The van der Waals surface area contributed by atoms with Crippen LogP contribution < -0.4 is 21.5 Å². The highest BCUT2D eigenvalue weighted by Gasteiger charge is 2.05. The lowest BCUT2D eigenvalue weighted by atomic mass is 10.1. The number of carbonyl (C=O) groups is 1. The summed E-state index contributed by atoms with van der Waals surface area (Å²) in [5, 5.41) is 9.38. The van der Waals surface area contributed by atoms with Crippen molar-refractivity contribution in [2.24, 2.45) is 0 Å². The fourth-order valence-electron chi connectivity index (χ4n) is 3.31. The van der Waals surface area contributed by atoms with Crippen molar-refractivity contribution in [2.75, 3.05) is 26.7 Å². The number of aryl methyl sites for hydroxylation is 2. The standard InChI is InChI=1S/C23H30N6O2/c1-3-18-12-20-21(29-22(18)30)11-17(15-28-20)13-26-10-9-25-8-4-5-16-6-7-19(27-14-16)23(31)24-2/h6-7,11-12,14-15,25-26H,3-5,8-10,13H2,1-2H3,(H,24,31)(H,29,30). The second-order valence-corrected chi connectivity index (χ2v) is 7.41. The molecule has 0 bridgehead atoms. The summed E-state index contributed by atoms with van der Waals surface area (Å²) in [7, 11) is 1.60. The Bertz CT molecular complexity index is 1060. The average Bonchev–Trinajstić information content (AvgIpc) is 2.80. The highest BCUT2D eigenvalue weighted by atomic mass is 16.1. The van der Waals surface area contributed by atoms with E-state index in [0.717, 1.165) is 60.2 Å². The van der Waals surface area contributed by atoms with Crippen molar-refractivity contribution < 1.29 is 4.79 Å². The third-order valence-electron chi connectivity index (χ3n) is 5.12. The number of nitrogens with one attached hydrogen (secondary N) is 4. The molecular formula is C23H30N6O2. The topological polar surface area (TPSA) is 112 Å². The maximum atomic E-state index is 12.0. The summed E-state index contributed by atoms with van der Waals surface area (Å²) in [6, 6.07) is 7.55. The molecule has 31 heavy (non-hydrogen) atoms. The van der Waals surface area contributed by atoms with E-state index in [1.54, 1.807) is 19.3 Å². The predicted octanol–water partition coefficient (Wildman–Crippen LogP) is 1.55. The van der Waals surface area contributed by atoms with Gasteiger partial charge in [-0.05, 0) is 55.1 Å². The predicted molar refractivity (Wildman–Crippen MR) is 122 cm³/mol. The lowest BCUT2D eigenvalue weighted by Gasteiger charge is -2.08. The van der Waals surface area contributed by atoms with Crippen LogP contribution in [0, 0.1) is 0 Å². The van der Waals surface area contributed by atoms with E-state index in [-0.39, 0.29) is 11.5 Å². The Balaban J connectivity index is 1.32. The van der Waals surface area contributed by atoms with Crippen molar-refractivity contribution in [3.8, 4) is 0 Å². The Morgan fingerprint density at radius 3 is 2.58 bits per heavy atom. The first kappa shape index (κ1) is 22.6. The van der Waals surface area contributed by atoms with Crippen LogP contribution in [-0.2, 0) is 19.4 Å². The van der Waals surface area contributed by atoms with Gasteiger partial charge in [-0.2, -0.15) is 0 Å². The Hall–Kier alpha value is -3.10. The molecule has 0 aliphatic rings. The lowest BCUT2D eigenvalue weighted by molar-refractivity contribution is 0.0958. The monoisotopic (exact) mass is 422 g/mol. The van der Waals surface area contributed by atoms with E-state index >= 15 is 0 Å². The molecule has 0 radical (unpaired) electrons. The maximum Gasteiger partial charge on any atom is 0.269 e. The minimum atomic E-state index is -0.167. The van der Waals surface area contributed by atoms with Crippen LogP contribution in [0.1, 0.15) is 40.5 Å². The summed E-state index contributed by atoms with van der Waals surface area (Å²) >= 11 is 0. The van der Waals surface area contributed by atoms with Crippen molar-refractivity contribution >= 4 is 16.9 Å². The van der Waals surface area contributed by atoms with E-state index in [1.165, 1.54) is 0 Å². The summed E-state index contributed by atoms with van der Waals surface area (Å²) in [5.41, 5.74) is 4.92. The van der Waals surface area contributed by atoms with Crippen LogP contribution in [0.4, 0.5) is 0 Å². The van der Waals surface area contributed by atoms with Crippen molar-refractivity contribution in [1.29, 1.82) is 0 Å². The highest BCUT2D eigenvalue weighted by Crippen LogP contribution is 2.10. The van der Waals surface area contributed by atoms with Gasteiger partial charge in [-0.3, -0.25) is 19.6 Å². The minimum Gasteiger partial charge on any atom is -0.354 e. The number of hydrogen-bond acceptors (Lipinski definition) is 6. The first-order valence-electron chi connectivity index (χ1n) is 10.7. The first-order valence-corrected chi connectivity index (χ1v) is 10.7. The van der Waals surface area contributed by atoms with Crippen LogP contribution in [-0.4, -0.2) is 47.5 Å². The van der Waals surface area contributed by atoms with Crippen LogP contribution in [0.2, 0.25) is 0 Å². The molecule has 8 nitrogen and oxygen atoms in total. The zero-order valence-corrected chi connectivity index (χ0v) is 18.1. The van der Waals surface area contributed by atoms with Crippen molar-refractivity contribution in [1.82, 2.24) is 30.9 Å². The van der Waals surface area contributed by atoms with Gasteiger partial charge in [0.1, 0.15) is 5.69 Å². The summed E-state index contributed by atoms with van der Waals surface area (Å²) in [5.74, 6) is -0.167. The molecule has 164 valence electrons. The molecule has 0 spiro atoms. The molecule has 8 heteroatoms. The van der Waals surface area contributed by atoms with Crippen LogP contribution in [0.25, 0.3) is 11.0 Å². The average molecular weight is 423 g/mol. The zero-order valence-electron chi connectivity index (χ0n) is 18.1. The number of H-pyrrole nitrogens is 1. The molecule has 0 saturated heterocycles. The number of carbonyl (C=O) groups excluding carboxylic acids is 1. The lowest BCUT2D eigenvalue weighted by Crippen LogP contribution is -2.28. The number of fused-ring (bicyclic) bond motifs is 1. The van der Waals surface area contributed by atoms with Crippen molar-refractivity contribution in [3.05, 3.63) is 69.4 Å². The maximum absolute atomic E-state index is 12.0. The van der Waals surface area contributed by atoms with Gasteiger partial charge in [-0.15, -0.1) is 0 Å². The minimum absolute atomic E-state index is 0.0377. The Labute approximate surface area is 181 Å². The first-order chi connectivity index (χ1) is 15.1. The fourth-order valence-corrected chi connectivity index (χ4v) is 3.31. The quantitative estimate of drug-likeness (QED) is 0.349. The molecule has 0 fully saturated rings.